The van der Waals surface area contributed by atoms with Crippen molar-refractivity contribution in [1.29, 1.82) is 0 Å². The molecule has 2 N–H and O–H groups in total. The molecule has 0 spiro atoms. The molecule has 0 fully saturated rings. The van der Waals surface area contributed by atoms with Gasteiger partial charge in [-0.05, 0) is 30.2 Å². The van der Waals surface area contributed by atoms with Crippen LogP contribution < -0.4 is 16.6 Å². The highest BCUT2D eigenvalue weighted by Crippen LogP contribution is 2.16. The third-order valence-electron chi connectivity index (χ3n) is 3.88. The van der Waals surface area contributed by atoms with Crippen LogP contribution in [0, 0.1) is 0 Å². The molecular weight excluding hydrogens is 318 g/mol. The van der Waals surface area contributed by atoms with Crippen molar-refractivity contribution in [2.45, 2.75) is 13.3 Å². The fourth-order valence-corrected chi connectivity index (χ4v) is 2.59. The number of para-hydroxylation sites is 2. The first-order valence-electron chi connectivity index (χ1n) is 7.91. The van der Waals surface area contributed by atoms with E-state index in [-0.39, 0.29) is 5.56 Å². The SMILES string of the molecule is CCc1ccccc1NC(=O)c1c[nH]c(=O)n(-c2ccccc2)c1=O. The Morgan fingerprint density at radius 1 is 1.04 bits per heavy atom. The maximum Gasteiger partial charge on any atom is 0.333 e. The molecule has 1 heterocycles. The summed E-state index contributed by atoms with van der Waals surface area (Å²) < 4.78 is 0.945. The molecule has 0 aliphatic rings. The van der Waals surface area contributed by atoms with Crippen molar-refractivity contribution >= 4 is 11.6 Å². The van der Waals surface area contributed by atoms with Crippen LogP contribution >= 0.6 is 0 Å². The molecule has 3 rings (SSSR count). The molecule has 0 bridgehead atoms. The van der Waals surface area contributed by atoms with E-state index in [4.69, 9.17) is 0 Å². The molecule has 0 aliphatic heterocycles. The molecule has 6 nitrogen and oxygen atoms in total. The van der Waals surface area contributed by atoms with Crippen LogP contribution in [-0.4, -0.2) is 15.5 Å². The number of carbonyl (C=O) groups excluding carboxylic acids is 1. The Morgan fingerprint density at radius 3 is 2.44 bits per heavy atom. The fourth-order valence-electron chi connectivity index (χ4n) is 2.59. The van der Waals surface area contributed by atoms with Crippen molar-refractivity contribution < 1.29 is 4.79 Å². The molecule has 0 unspecified atom stereocenters. The second-order valence-electron chi connectivity index (χ2n) is 5.45. The number of benzene rings is 2. The van der Waals surface area contributed by atoms with Gasteiger partial charge in [0.05, 0.1) is 5.69 Å². The number of aryl methyl sites for hydroxylation is 1. The summed E-state index contributed by atoms with van der Waals surface area (Å²) in [4.78, 5) is 39.7. The zero-order chi connectivity index (χ0) is 17.8. The van der Waals surface area contributed by atoms with E-state index in [9.17, 15) is 14.4 Å². The molecule has 126 valence electrons. The van der Waals surface area contributed by atoms with E-state index >= 15 is 0 Å². The smallest absolute Gasteiger partial charge is 0.322 e. The Labute approximate surface area is 143 Å². The van der Waals surface area contributed by atoms with Crippen LogP contribution in [0.2, 0.25) is 0 Å². The van der Waals surface area contributed by atoms with Crippen molar-refractivity contribution in [2.75, 3.05) is 5.32 Å². The van der Waals surface area contributed by atoms with Crippen LogP contribution in [0.25, 0.3) is 5.69 Å². The van der Waals surface area contributed by atoms with Crippen LogP contribution in [0.15, 0.2) is 70.4 Å². The minimum absolute atomic E-state index is 0.130. The average molecular weight is 335 g/mol. The van der Waals surface area contributed by atoms with Gasteiger partial charge in [0.25, 0.3) is 11.5 Å². The van der Waals surface area contributed by atoms with Crippen molar-refractivity contribution in [3.8, 4) is 5.69 Å². The van der Waals surface area contributed by atoms with Gasteiger partial charge in [-0.3, -0.25) is 9.59 Å². The topological polar surface area (TPSA) is 84.0 Å². The molecule has 0 radical (unpaired) electrons. The second kappa shape index (κ2) is 7.00. The lowest BCUT2D eigenvalue weighted by atomic mass is 10.1. The van der Waals surface area contributed by atoms with Crippen molar-refractivity contribution in [3.63, 3.8) is 0 Å². The van der Waals surface area contributed by atoms with Gasteiger partial charge in [-0.25, -0.2) is 9.36 Å². The summed E-state index contributed by atoms with van der Waals surface area (Å²) in [5.74, 6) is -0.563. The fraction of sp³-hybridized carbons (Fsp3) is 0.105. The molecule has 3 aromatic rings. The summed E-state index contributed by atoms with van der Waals surface area (Å²) in [5, 5.41) is 2.74. The molecule has 0 atom stereocenters. The Morgan fingerprint density at radius 2 is 1.72 bits per heavy atom. The molecule has 1 amide bonds. The predicted octanol–water partition coefficient (Wildman–Crippen LogP) is 2.34. The zero-order valence-corrected chi connectivity index (χ0v) is 13.7. The quantitative estimate of drug-likeness (QED) is 0.767. The van der Waals surface area contributed by atoms with Gasteiger partial charge in [-0.2, -0.15) is 0 Å². The molecule has 6 heteroatoms. The number of anilines is 1. The molecular formula is C19H17N3O3. The number of hydrogen-bond donors (Lipinski definition) is 2. The number of amides is 1. The maximum atomic E-state index is 12.7. The Kier molecular flexibility index (Phi) is 4.61. The minimum atomic E-state index is -0.665. The minimum Gasteiger partial charge on any atom is -0.322 e. The van der Waals surface area contributed by atoms with E-state index in [0.717, 1.165) is 22.7 Å². The first-order valence-corrected chi connectivity index (χ1v) is 7.91. The summed E-state index contributed by atoms with van der Waals surface area (Å²) in [6.07, 6.45) is 1.89. The molecule has 0 saturated carbocycles. The number of nitrogens with zero attached hydrogens (tertiary/aromatic N) is 1. The number of hydrogen-bond acceptors (Lipinski definition) is 3. The molecule has 25 heavy (non-hydrogen) atoms. The summed E-state index contributed by atoms with van der Waals surface area (Å²) in [7, 11) is 0. The average Bonchev–Trinajstić information content (AvgIpc) is 2.63. The van der Waals surface area contributed by atoms with Crippen LogP contribution in [-0.2, 0) is 6.42 Å². The van der Waals surface area contributed by atoms with Crippen molar-refractivity contribution in [2.24, 2.45) is 0 Å². The Balaban J connectivity index is 2.02. The first-order chi connectivity index (χ1) is 12.1. The van der Waals surface area contributed by atoms with E-state index in [1.165, 1.54) is 0 Å². The highest BCUT2D eigenvalue weighted by molar-refractivity contribution is 6.04. The Bertz CT molecular complexity index is 1020. The molecule has 2 aromatic carbocycles. The Hall–Kier alpha value is -3.41. The lowest BCUT2D eigenvalue weighted by molar-refractivity contribution is 0.102. The highest BCUT2D eigenvalue weighted by Gasteiger charge is 2.16. The largest absolute Gasteiger partial charge is 0.333 e. The number of rotatable bonds is 4. The zero-order valence-electron chi connectivity index (χ0n) is 13.7. The van der Waals surface area contributed by atoms with Gasteiger partial charge in [0, 0.05) is 11.9 Å². The van der Waals surface area contributed by atoms with Gasteiger partial charge < -0.3 is 10.3 Å². The first kappa shape index (κ1) is 16.4. The van der Waals surface area contributed by atoms with Crippen LogP contribution in [0.4, 0.5) is 5.69 Å². The standard InChI is InChI=1S/C19H17N3O3/c1-2-13-8-6-7-11-16(13)21-17(23)15-12-20-19(25)22(18(15)24)14-9-4-3-5-10-14/h3-12H,2H2,1H3,(H,20,25)(H,21,23). The lowest BCUT2D eigenvalue weighted by Crippen LogP contribution is -2.38. The summed E-state index contributed by atoms with van der Waals surface area (Å²) in [6.45, 7) is 1.98. The van der Waals surface area contributed by atoms with Crippen LogP contribution in [0.3, 0.4) is 0 Å². The lowest BCUT2D eigenvalue weighted by Gasteiger charge is -2.10. The number of aromatic amines is 1. The predicted molar refractivity (Wildman–Crippen MR) is 96.4 cm³/mol. The maximum absolute atomic E-state index is 12.7. The number of aromatic nitrogens is 2. The number of H-pyrrole nitrogens is 1. The summed E-state index contributed by atoms with van der Waals surface area (Å²) in [5.41, 5.74) is 0.616. The van der Waals surface area contributed by atoms with E-state index in [2.05, 4.69) is 10.3 Å². The normalized spacial score (nSPS) is 10.4. The summed E-state index contributed by atoms with van der Waals surface area (Å²) >= 11 is 0. The van der Waals surface area contributed by atoms with E-state index < -0.39 is 17.2 Å². The monoisotopic (exact) mass is 335 g/mol. The third kappa shape index (κ3) is 3.28. The molecule has 0 saturated heterocycles. The number of carbonyl (C=O) groups is 1. The summed E-state index contributed by atoms with van der Waals surface area (Å²) in [6, 6.07) is 15.8. The second-order valence-corrected chi connectivity index (χ2v) is 5.45. The van der Waals surface area contributed by atoms with Gasteiger partial charge in [-0.15, -0.1) is 0 Å². The van der Waals surface area contributed by atoms with Gasteiger partial charge >= 0.3 is 5.69 Å². The van der Waals surface area contributed by atoms with E-state index in [1.807, 2.05) is 25.1 Å². The van der Waals surface area contributed by atoms with Crippen molar-refractivity contribution in [3.05, 3.63) is 92.8 Å². The van der Waals surface area contributed by atoms with Crippen LogP contribution in [0.1, 0.15) is 22.8 Å². The molecule has 0 aliphatic carbocycles. The van der Waals surface area contributed by atoms with Gasteiger partial charge in [-0.1, -0.05) is 43.3 Å². The molecule has 1 aromatic heterocycles. The van der Waals surface area contributed by atoms with Gasteiger partial charge in [0.15, 0.2) is 0 Å². The van der Waals surface area contributed by atoms with Gasteiger partial charge in [0.2, 0.25) is 0 Å². The highest BCUT2D eigenvalue weighted by atomic mass is 16.2. The van der Waals surface area contributed by atoms with E-state index in [1.54, 1.807) is 36.4 Å². The third-order valence-corrected chi connectivity index (χ3v) is 3.88. The van der Waals surface area contributed by atoms with Gasteiger partial charge in [0.1, 0.15) is 5.56 Å². The number of nitrogens with one attached hydrogen (secondary N) is 2. The van der Waals surface area contributed by atoms with E-state index in [0.29, 0.717) is 11.4 Å². The van der Waals surface area contributed by atoms with Crippen LogP contribution in [0.5, 0.6) is 0 Å². The van der Waals surface area contributed by atoms with Crippen molar-refractivity contribution in [1.82, 2.24) is 9.55 Å².